The molecule has 164 valence electrons. The molecule has 1 aliphatic heterocycles. The number of nitrogens with one attached hydrogen (secondary N) is 2. The van der Waals surface area contributed by atoms with Crippen LogP contribution in [0.2, 0.25) is 0 Å². The first-order valence-electron chi connectivity index (χ1n) is 10.8. The lowest BCUT2D eigenvalue weighted by molar-refractivity contribution is 0.0846. The Morgan fingerprint density at radius 1 is 0.706 bits per heavy atom. The highest BCUT2D eigenvalue weighted by Gasteiger charge is 2.20. The minimum atomic E-state index is -0.411. The van der Waals surface area contributed by atoms with Crippen LogP contribution >= 0.6 is 11.8 Å². The van der Waals surface area contributed by atoms with Crippen LogP contribution in [0.4, 0.5) is 5.69 Å². The summed E-state index contributed by atoms with van der Waals surface area (Å²) in [4.78, 5) is 32.1. The van der Waals surface area contributed by atoms with Crippen molar-refractivity contribution in [3.8, 4) is 0 Å². The Hall–Kier alpha value is -4.10. The highest BCUT2D eigenvalue weighted by atomic mass is 32.2. The predicted octanol–water partition coefficient (Wildman–Crippen LogP) is 3.65. The molecule has 0 spiro atoms. The van der Waals surface area contributed by atoms with Crippen LogP contribution in [0.5, 0.6) is 0 Å². The van der Waals surface area contributed by atoms with Crippen LogP contribution in [-0.4, -0.2) is 25.4 Å². The fraction of sp³-hybridized carbons (Fsp3) is 0. The minimum absolute atomic E-state index is 0.380. The lowest BCUT2D eigenvalue weighted by Gasteiger charge is -2.10. The standard InChI is InChI=1S/C27H20BN3O2S/c28-20-10-6-9-18(15-20)25-21-11-4-5-12-23(21)34-24-14-13-19(16-22(24)29-25)27(33)31-30-26(32)17-7-2-1-3-8-17/h1-16H,28H2,(H,30,32)(H,31,33). The number of rotatable bonds is 3. The van der Waals surface area contributed by atoms with Gasteiger partial charge in [-0.25, -0.2) is 4.99 Å². The van der Waals surface area contributed by atoms with Gasteiger partial charge in [0.15, 0.2) is 0 Å². The molecule has 0 saturated heterocycles. The fourth-order valence-corrected chi connectivity index (χ4v) is 4.75. The maximum atomic E-state index is 12.8. The summed E-state index contributed by atoms with van der Waals surface area (Å²) in [6.07, 6.45) is 0. The summed E-state index contributed by atoms with van der Waals surface area (Å²) < 4.78 is 0. The second kappa shape index (κ2) is 9.41. The molecular formula is C27H20BN3O2S. The first-order valence-corrected chi connectivity index (χ1v) is 11.6. The Labute approximate surface area is 202 Å². The largest absolute Gasteiger partial charge is 0.269 e. The summed E-state index contributed by atoms with van der Waals surface area (Å²) in [7, 11) is 2.06. The molecule has 5 nitrogen and oxygen atoms in total. The number of nitrogens with zero attached hydrogens (tertiary/aromatic N) is 1. The van der Waals surface area contributed by atoms with E-state index in [1.807, 2.05) is 36.4 Å². The highest BCUT2D eigenvalue weighted by Crippen LogP contribution is 2.41. The van der Waals surface area contributed by atoms with E-state index in [4.69, 9.17) is 4.99 Å². The Kier molecular flexibility index (Phi) is 6.02. The number of hydrogen-bond acceptors (Lipinski definition) is 4. The van der Waals surface area contributed by atoms with Crippen molar-refractivity contribution in [3.63, 3.8) is 0 Å². The van der Waals surface area contributed by atoms with Gasteiger partial charge in [0.25, 0.3) is 11.8 Å². The van der Waals surface area contributed by atoms with Gasteiger partial charge in [-0.2, -0.15) is 0 Å². The summed E-state index contributed by atoms with van der Waals surface area (Å²) in [5, 5.41) is 0. The molecule has 2 amide bonds. The zero-order chi connectivity index (χ0) is 23.5. The number of carbonyl (C=O) groups excluding carboxylic acids is 2. The van der Waals surface area contributed by atoms with Crippen LogP contribution in [0.3, 0.4) is 0 Å². The summed E-state index contributed by atoms with van der Waals surface area (Å²) in [5.41, 5.74) is 10.6. The smallest absolute Gasteiger partial charge is 0.267 e. The summed E-state index contributed by atoms with van der Waals surface area (Å²) >= 11 is 1.63. The van der Waals surface area contributed by atoms with E-state index in [-0.39, 0.29) is 5.91 Å². The topological polar surface area (TPSA) is 70.6 Å². The van der Waals surface area contributed by atoms with Gasteiger partial charge in [-0.05, 0) is 36.4 Å². The molecule has 0 unspecified atom stereocenters. The number of benzene rings is 4. The average Bonchev–Trinajstić information content (AvgIpc) is 3.04. The molecule has 0 fully saturated rings. The van der Waals surface area contributed by atoms with Crippen LogP contribution in [0.1, 0.15) is 31.8 Å². The van der Waals surface area contributed by atoms with E-state index in [2.05, 4.69) is 43.0 Å². The van der Waals surface area contributed by atoms with E-state index < -0.39 is 5.91 Å². The van der Waals surface area contributed by atoms with E-state index in [9.17, 15) is 9.59 Å². The zero-order valence-corrected chi connectivity index (χ0v) is 19.2. The molecule has 0 bridgehead atoms. The van der Waals surface area contributed by atoms with Crippen molar-refractivity contribution < 1.29 is 9.59 Å². The number of hydrazine groups is 1. The Bertz CT molecular complexity index is 1440. The van der Waals surface area contributed by atoms with Gasteiger partial charge in [-0.3, -0.25) is 20.4 Å². The van der Waals surface area contributed by atoms with Crippen molar-refractivity contribution in [1.82, 2.24) is 10.9 Å². The van der Waals surface area contributed by atoms with E-state index >= 15 is 0 Å². The zero-order valence-electron chi connectivity index (χ0n) is 18.4. The molecule has 0 aliphatic carbocycles. The molecule has 0 atom stereocenters. The number of amides is 2. The third-order valence-corrected chi connectivity index (χ3v) is 6.57. The molecule has 1 heterocycles. The predicted molar refractivity (Wildman–Crippen MR) is 138 cm³/mol. The molecule has 7 heteroatoms. The van der Waals surface area contributed by atoms with Crippen LogP contribution in [0.15, 0.2) is 112 Å². The van der Waals surface area contributed by atoms with E-state index in [1.54, 1.807) is 48.2 Å². The average molecular weight is 461 g/mol. The van der Waals surface area contributed by atoms with Crippen LogP contribution in [-0.2, 0) is 0 Å². The Morgan fingerprint density at radius 2 is 1.44 bits per heavy atom. The normalized spacial score (nSPS) is 11.9. The van der Waals surface area contributed by atoms with E-state index in [0.29, 0.717) is 16.8 Å². The maximum Gasteiger partial charge on any atom is 0.269 e. The number of hydrogen-bond donors (Lipinski definition) is 2. The van der Waals surface area contributed by atoms with Crippen molar-refractivity contribution in [2.45, 2.75) is 9.79 Å². The first-order chi connectivity index (χ1) is 16.6. The van der Waals surface area contributed by atoms with Gasteiger partial charge in [0, 0.05) is 32.0 Å². The molecule has 34 heavy (non-hydrogen) atoms. The van der Waals surface area contributed by atoms with Crippen molar-refractivity contribution >= 4 is 48.3 Å². The second-order valence-corrected chi connectivity index (χ2v) is 8.97. The van der Waals surface area contributed by atoms with Crippen molar-refractivity contribution in [1.29, 1.82) is 0 Å². The number of fused-ring (bicyclic) bond motifs is 2. The van der Waals surface area contributed by atoms with Crippen LogP contribution < -0.4 is 16.3 Å². The molecule has 0 saturated carbocycles. The molecule has 1 aliphatic rings. The number of carbonyl (C=O) groups is 2. The summed E-state index contributed by atoms with van der Waals surface area (Å²) in [6.45, 7) is 0. The van der Waals surface area contributed by atoms with Gasteiger partial charge in [0.2, 0.25) is 0 Å². The van der Waals surface area contributed by atoms with Crippen molar-refractivity contribution in [3.05, 3.63) is 119 Å². The molecule has 4 aromatic carbocycles. The van der Waals surface area contributed by atoms with Gasteiger partial charge in [-0.15, -0.1) is 0 Å². The highest BCUT2D eigenvalue weighted by molar-refractivity contribution is 7.99. The van der Waals surface area contributed by atoms with Gasteiger partial charge >= 0.3 is 0 Å². The lowest BCUT2D eigenvalue weighted by atomic mass is 9.91. The van der Waals surface area contributed by atoms with Gasteiger partial charge in [0.1, 0.15) is 7.85 Å². The SMILES string of the molecule is Bc1cccc(C2=Nc3cc(C(=O)NNC(=O)c4ccccc4)ccc3Sc3ccccc32)c1. The number of aliphatic imine (C=N–C) groups is 1. The minimum Gasteiger partial charge on any atom is -0.267 e. The fourth-order valence-electron chi connectivity index (χ4n) is 3.74. The summed E-state index contributed by atoms with van der Waals surface area (Å²) in [6, 6.07) is 30.5. The maximum absolute atomic E-state index is 12.8. The molecule has 0 radical (unpaired) electrons. The third-order valence-electron chi connectivity index (χ3n) is 5.43. The lowest BCUT2D eigenvalue weighted by Crippen LogP contribution is -2.41. The molecule has 4 aromatic rings. The van der Waals surface area contributed by atoms with Gasteiger partial charge in [0.05, 0.1) is 11.4 Å². The van der Waals surface area contributed by atoms with Gasteiger partial charge < -0.3 is 0 Å². The molecule has 5 rings (SSSR count). The molecular weight excluding hydrogens is 441 g/mol. The summed E-state index contributed by atoms with van der Waals surface area (Å²) in [5.74, 6) is -0.791. The Morgan fingerprint density at radius 3 is 2.24 bits per heavy atom. The third kappa shape index (κ3) is 4.51. The molecule has 0 aromatic heterocycles. The van der Waals surface area contributed by atoms with E-state index in [1.165, 1.54) is 0 Å². The van der Waals surface area contributed by atoms with E-state index in [0.717, 1.165) is 32.1 Å². The van der Waals surface area contributed by atoms with Crippen LogP contribution in [0, 0.1) is 0 Å². The first kappa shape index (κ1) is 21.7. The Balaban J connectivity index is 1.47. The molecule has 2 N–H and O–H groups in total. The van der Waals surface area contributed by atoms with Crippen LogP contribution in [0.25, 0.3) is 0 Å². The van der Waals surface area contributed by atoms with Crippen molar-refractivity contribution in [2.75, 3.05) is 0 Å². The second-order valence-electron chi connectivity index (χ2n) is 7.88. The van der Waals surface area contributed by atoms with Crippen molar-refractivity contribution in [2.24, 2.45) is 4.99 Å². The quantitative estimate of drug-likeness (QED) is 0.318. The monoisotopic (exact) mass is 461 g/mol. The van der Waals surface area contributed by atoms with Gasteiger partial charge in [-0.1, -0.05) is 77.9 Å².